The number of hydrogen-bond acceptors (Lipinski definition) is 3. The van der Waals surface area contributed by atoms with Crippen LogP contribution in [-0.4, -0.2) is 17.6 Å². The van der Waals surface area contributed by atoms with Gasteiger partial charge in [-0.3, -0.25) is 0 Å². The molecule has 9 heteroatoms. The van der Waals surface area contributed by atoms with Crippen LogP contribution in [0.25, 0.3) is 0 Å². The van der Waals surface area contributed by atoms with Crippen molar-refractivity contribution < 1.29 is 120 Å². The van der Waals surface area contributed by atoms with Gasteiger partial charge in [0.05, 0.1) is 0 Å². The molecule has 9 heavy (non-hydrogen) atoms. The van der Waals surface area contributed by atoms with E-state index in [4.69, 9.17) is 14.1 Å². The second kappa shape index (κ2) is 30.3. The minimum Gasteiger partial charge on any atom is -0.672 e. The Morgan fingerprint density at radius 3 is 1.00 bits per heavy atom. The van der Waals surface area contributed by atoms with Crippen LogP contribution in [0.15, 0.2) is 0 Å². The Kier molecular flexibility index (Phi) is 134. The van der Waals surface area contributed by atoms with Crippen molar-refractivity contribution in [3.8, 4) is 0 Å². The van der Waals surface area contributed by atoms with Crippen LogP contribution in [0.1, 0.15) is 0 Å². The summed E-state index contributed by atoms with van der Waals surface area (Å²) < 4.78 is 8.52. The average molecular weight is 216 g/mol. The van der Waals surface area contributed by atoms with Gasteiger partial charge < -0.3 is 14.1 Å². The molecule has 0 unspecified atom stereocenters. The molecule has 0 bridgehead atoms. The summed E-state index contributed by atoms with van der Waals surface area (Å²) in [6.45, 7) is 0. The van der Waals surface area contributed by atoms with Crippen molar-refractivity contribution in [2.24, 2.45) is 0 Å². The Balaban J connectivity index is -0.00000000450. The van der Waals surface area contributed by atoms with E-state index in [0.29, 0.717) is 0 Å². The molecular weight excluding hydrogens is 212 g/mol. The standard InChI is InChI=1S/BH4.Fe.3Na.O3Si/c;;;;;1-4(2)3/h1H4;;;;;/q-1;;3*+1;-2. The quantitative estimate of drug-likeness (QED) is 0.377. The van der Waals surface area contributed by atoms with Crippen molar-refractivity contribution in [2.45, 2.75) is 0 Å². The van der Waals surface area contributed by atoms with Crippen molar-refractivity contribution in [1.82, 2.24) is 0 Å². The summed E-state index contributed by atoms with van der Waals surface area (Å²) in [5.41, 5.74) is 0. The van der Waals surface area contributed by atoms with Gasteiger partial charge >= 0.3 is 88.7 Å². The molecule has 0 saturated heterocycles. The van der Waals surface area contributed by atoms with Crippen LogP contribution in [-0.2, 0) is 21.5 Å². The van der Waals surface area contributed by atoms with E-state index in [2.05, 4.69) is 0 Å². The molecule has 0 aromatic rings. The first-order valence-electron chi connectivity index (χ1n) is 0.612. The van der Waals surface area contributed by atoms with E-state index in [0.717, 1.165) is 0 Å². The molecule has 0 amide bonds. The van der Waals surface area contributed by atoms with Crippen LogP contribution in [0.4, 0.5) is 0 Å². The fraction of sp³-hybridized carbons (Fsp3) is 0. The summed E-state index contributed by atoms with van der Waals surface area (Å²) in [6.07, 6.45) is 0. The van der Waals surface area contributed by atoms with Crippen LogP contribution in [0.2, 0.25) is 0 Å². The molecular formula is H4BFeNa3O3Si. The van der Waals surface area contributed by atoms with Gasteiger partial charge in [0, 0.05) is 26.2 Å². The zero-order valence-electron chi connectivity index (χ0n) is 5.08. The largest absolute Gasteiger partial charge is 1.00 e. The minimum atomic E-state index is -3.63. The molecule has 0 aromatic heterocycles. The van der Waals surface area contributed by atoms with Gasteiger partial charge in [-0.2, -0.15) is 0 Å². The Morgan fingerprint density at radius 2 is 1.00 bits per heavy atom. The van der Waals surface area contributed by atoms with Crippen LogP contribution in [0, 0.1) is 0 Å². The SMILES string of the molecule is O=[Si]([O-])[O-].[BH4-].[Fe].[Na+].[Na+].[Na+]. The first-order chi connectivity index (χ1) is 1.73. The Bertz CT molecular complexity index is 42.0. The van der Waals surface area contributed by atoms with E-state index in [1.54, 1.807) is 0 Å². The first kappa shape index (κ1) is 39.8. The molecule has 0 radical (unpaired) electrons. The maximum absolute atomic E-state index is 8.52. The molecule has 0 aromatic carbocycles. The second-order valence-corrected chi connectivity index (χ2v) is 0.750. The smallest absolute Gasteiger partial charge is 0.672 e. The van der Waals surface area contributed by atoms with E-state index >= 15 is 0 Å². The predicted octanol–water partition coefficient (Wildman–Crippen LogP) is -13.3. The van der Waals surface area contributed by atoms with Crippen molar-refractivity contribution in [1.29, 1.82) is 0 Å². The van der Waals surface area contributed by atoms with E-state index < -0.39 is 9.17 Å². The van der Waals surface area contributed by atoms with Gasteiger partial charge in [0.25, 0.3) is 0 Å². The van der Waals surface area contributed by atoms with Crippen molar-refractivity contribution >= 4 is 17.6 Å². The van der Waals surface area contributed by atoms with Crippen LogP contribution < -0.4 is 98.3 Å². The van der Waals surface area contributed by atoms with E-state index in [-0.39, 0.29) is 114 Å². The topological polar surface area (TPSA) is 63.2 Å². The number of rotatable bonds is 0. The van der Waals surface area contributed by atoms with Gasteiger partial charge in [-0.05, 0) is 0 Å². The van der Waals surface area contributed by atoms with E-state index in [9.17, 15) is 0 Å². The fourth-order valence-electron chi connectivity index (χ4n) is 0. The third-order valence-electron chi connectivity index (χ3n) is 0. The van der Waals surface area contributed by atoms with Crippen molar-refractivity contribution in [3.63, 3.8) is 0 Å². The van der Waals surface area contributed by atoms with Crippen molar-refractivity contribution in [3.05, 3.63) is 0 Å². The van der Waals surface area contributed by atoms with Gasteiger partial charge in [-0.1, -0.05) is 8.41 Å². The molecule has 0 heterocycles. The molecule has 0 spiro atoms. The van der Waals surface area contributed by atoms with Crippen LogP contribution in [0.3, 0.4) is 0 Å². The molecule has 0 aliphatic carbocycles. The summed E-state index contributed by atoms with van der Waals surface area (Å²) in [4.78, 5) is 17.0. The van der Waals surface area contributed by atoms with E-state index in [1.807, 2.05) is 0 Å². The summed E-state index contributed by atoms with van der Waals surface area (Å²) in [5.74, 6) is 0. The fourth-order valence-corrected chi connectivity index (χ4v) is 0. The normalized spacial score (nSPS) is 2.67. The molecule has 0 rings (SSSR count). The van der Waals surface area contributed by atoms with Crippen molar-refractivity contribution in [2.75, 3.05) is 0 Å². The third-order valence-corrected chi connectivity index (χ3v) is 0. The predicted molar refractivity (Wildman–Crippen MR) is 17.8 cm³/mol. The summed E-state index contributed by atoms with van der Waals surface area (Å²) in [5, 5.41) is 0. The molecule has 0 aliphatic heterocycles. The van der Waals surface area contributed by atoms with Gasteiger partial charge in [-0.15, -0.1) is 0 Å². The molecule has 0 atom stereocenters. The summed E-state index contributed by atoms with van der Waals surface area (Å²) >= 11 is 0. The molecule has 0 N–H and O–H groups in total. The molecule has 0 fully saturated rings. The third kappa shape index (κ3) is 92.5. The van der Waals surface area contributed by atoms with Gasteiger partial charge in [0.15, 0.2) is 0 Å². The molecule has 0 aliphatic rings. The Morgan fingerprint density at radius 1 is 1.00 bits per heavy atom. The van der Waals surface area contributed by atoms with Crippen LogP contribution in [0.5, 0.6) is 0 Å². The zero-order chi connectivity index (χ0) is 3.58. The van der Waals surface area contributed by atoms with Crippen LogP contribution >= 0.6 is 0 Å². The van der Waals surface area contributed by atoms with Gasteiger partial charge in [0.1, 0.15) is 0 Å². The van der Waals surface area contributed by atoms with Gasteiger partial charge in [0.2, 0.25) is 0 Å². The molecule has 3 nitrogen and oxygen atoms in total. The zero-order valence-corrected chi connectivity index (χ0v) is 13.2. The maximum Gasteiger partial charge on any atom is 1.00 e. The van der Waals surface area contributed by atoms with Gasteiger partial charge in [-0.25, -0.2) is 0 Å². The van der Waals surface area contributed by atoms with E-state index in [1.165, 1.54) is 0 Å². The monoisotopic (exact) mass is 216 g/mol. The molecule has 0 saturated carbocycles. The average Bonchev–Trinajstić information content (AvgIpc) is 0.811. The summed E-state index contributed by atoms with van der Waals surface area (Å²) in [6, 6.07) is 0. The second-order valence-electron chi connectivity index (χ2n) is 0.250. The Labute approximate surface area is 135 Å². The summed E-state index contributed by atoms with van der Waals surface area (Å²) in [7, 11) is -3.63. The first-order valence-corrected chi connectivity index (χ1v) is 1.84. The minimum absolute atomic E-state index is 0. The number of hydrogen-bond donors (Lipinski definition) is 0. The molecule has 40 valence electrons. The Hall–Kier alpha value is 3.20. The maximum atomic E-state index is 8.52.